The molecule has 0 aliphatic heterocycles. The minimum Gasteiger partial charge on any atom is -0.507 e. The van der Waals surface area contributed by atoms with Gasteiger partial charge in [0.25, 0.3) is 0 Å². The Morgan fingerprint density at radius 3 is 2.53 bits per heavy atom. The third kappa shape index (κ3) is 2.71. The summed E-state index contributed by atoms with van der Waals surface area (Å²) < 4.78 is 0.615. The summed E-state index contributed by atoms with van der Waals surface area (Å²) in [7, 11) is 0. The third-order valence-corrected chi connectivity index (χ3v) is 3.22. The summed E-state index contributed by atoms with van der Waals surface area (Å²) in [5, 5.41) is 18.6. The van der Waals surface area contributed by atoms with Crippen molar-refractivity contribution >= 4 is 15.9 Å². The zero-order chi connectivity index (χ0) is 11.6. The molecule has 4 heteroatoms. The Morgan fingerprint density at radius 1 is 1.47 bits per heavy atom. The molecule has 0 unspecified atom stereocenters. The number of halogens is 1. The SMILES string of the molecule is CC(C)(CO)[C@@H](N)c1ccc(O)c(Br)c1. The minimum atomic E-state index is -0.379. The molecule has 0 spiro atoms. The highest BCUT2D eigenvalue weighted by molar-refractivity contribution is 9.10. The topological polar surface area (TPSA) is 66.5 Å². The summed E-state index contributed by atoms with van der Waals surface area (Å²) >= 11 is 3.23. The average Bonchev–Trinajstić information content (AvgIpc) is 2.21. The maximum Gasteiger partial charge on any atom is 0.129 e. The molecule has 0 saturated heterocycles. The fourth-order valence-corrected chi connectivity index (χ4v) is 1.66. The lowest BCUT2D eigenvalue weighted by Gasteiger charge is -2.29. The highest BCUT2D eigenvalue weighted by Gasteiger charge is 2.27. The molecule has 0 aliphatic rings. The van der Waals surface area contributed by atoms with Gasteiger partial charge in [0.05, 0.1) is 4.47 Å². The maximum absolute atomic E-state index is 9.35. The molecule has 1 atom stereocenters. The van der Waals surface area contributed by atoms with E-state index in [9.17, 15) is 10.2 Å². The van der Waals surface area contributed by atoms with E-state index in [1.54, 1.807) is 18.2 Å². The van der Waals surface area contributed by atoms with Gasteiger partial charge in [0.1, 0.15) is 5.75 Å². The van der Waals surface area contributed by atoms with Gasteiger partial charge in [0.2, 0.25) is 0 Å². The Morgan fingerprint density at radius 2 is 2.07 bits per heavy atom. The van der Waals surface area contributed by atoms with Gasteiger partial charge in [-0.25, -0.2) is 0 Å². The van der Waals surface area contributed by atoms with Crippen LogP contribution in [-0.2, 0) is 0 Å². The van der Waals surface area contributed by atoms with Crippen molar-refractivity contribution in [2.24, 2.45) is 11.1 Å². The second-order valence-electron chi connectivity index (χ2n) is 4.34. The van der Waals surface area contributed by atoms with Gasteiger partial charge in [-0.2, -0.15) is 0 Å². The average molecular weight is 274 g/mol. The van der Waals surface area contributed by atoms with E-state index in [0.717, 1.165) is 5.56 Å². The monoisotopic (exact) mass is 273 g/mol. The molecule has 0 aliphatic carbocycles. The predicted octanol–water partition coefficient (Wildman–Crippen LogP) is 2.17. The Balaban J connectivity index is 3.02. The molecule has 0 heterocycles. The van der Waals surface area contributed by atoms with Crippen molar-refractivity contribution in [3.63, 3.8) is 0 Å². The molecule has 0 saturated carbocycles. The van der Waals surface area contributed by atoms with Gasteiger partial charge in [-0.3, -0.25) is 0 Å². The quantitative estimate of drug-likeness (QED) is 0.791. The van der Waals surface area contributed by atoms with E-state index in [1.807, 2.05) is 13.8 Å². The lowest BCUT2D eigenvalue weighted by Crippen LogP contribution is -2.32. The maximum atomic E-state index is 9.35. The van der Waals surface area contributed by atoms with Crippen LogP contribution >= 0.6 is 15.9 Å². The summed E-state index contributed by atoms with van der Waals surface area (Å²) in [5.74, 6) is 0.188. The first-order valence-electron chi connectivity index (χ1n) is 4.73. The van der Waals surface area contributed by atoms with Gasteiger partial charge in [0, 0.05) is 18.1 Å². The normalized spacial score (nSPS) is 13.9. The van der Waals surface area contributed by atoms with Gasteiger partial charge in [-0.15, -0.1) is 0 Å². The van der Waals surface area contributed by atoms with Crippen molar-refractivity contribution in [1.82, 2.24) is 0 Å². The number of rotatable bonds is 3. The summed E-state index contributed by atoms with van der Waals surface area (Å²) in [4.78, 5) is 0. The van der Waals surface area contributed by atoms with Crippen LogP contribution in [0.2, 0.25) is 0 Å². The van der Waals surface area contributed by atoms with E-state index in [-0.39, 0.29) is 23.8 Å². The van der Waals surface area contributed by atoms with E-state index < -0.39 is 0 Å². The number of phenolic OH excluding ortho intramolecular Hbond substituents is 1. The van der Waals surface area contributed by atoms with Crippen LogP contribution in [-0.4, -0.2) is 16.8 Å². The largest absolute Gasteiger partial charge is 0.507 e. The fraction of sp³-hybridized carbons (Fsp3) is 0.455. The molecule has 0 bridgehead atoms. The molecule has 0 aromatic heterocycles. The molecular formula is C11H16BrNO2. The van der Waals surface area contributed by atoms with Gasteiger partial charge < -0.3 is 15.9 Å². The number of hydrogen-bond donors (Lipinski definition) is 3. The van der Waals surface area contributed by atoms with Crippen molar-refractivity contribution in [1.29, 1.82) is 0 Å². The second kappa shape index (κ2) is 4.51. The zero-order valence-corrected chi connectivity index (χ0v) is 10.5. The number of aliphatic hydroxyl groups excluding tert-OH is 1. The van der Waals surface area contributed by atoms with Gasteiger partial charge in [-0.05, 0) is 33.6 Å². The van der Waals surface area contributed by atoms with Gasteiger partial charge >= 0.3 is 0 Å². The first-order chi connectivity index (χ1) is 6.88. The molecule has 1 aromatic carbocycles. The summed E-state index contributed by atoms with van der Waals surface area (Å²) in [6, 6.07) is 4.87. The zero-order valence-electron chi connectivity index (χ0n) is 8.87. The minimum absolute atomic E-state index is 0.0205. The van der Waals surface area contributed by atoms with Crippen LogP contribution in [0.25, 0.3) is 0 Å². The molecule has 3 nitrogen and oxygen atoms in total. The van der Waals surface area contributed by atoms with E-state index >= 15 is 0 Å². The highest BCUT2D eigenvalue weighted by Crippen LogP contribution is 2.34. The number of benzene rings is 1. The molecule has 0 amide bonds. The van der Waals surface area contributed by atoms with E-state index in [1.165, 1.54) is 0 Å². The van der Waals surface area contributed by atoms with Crippen molar-refractivity contribution < 1.29 is 10.2 Å². The van der Waals surface area contributed by atoms with Crippen LogP contribution < -0.4 is 5.73 Å². The summed E-state index contributed by atoms with van der Waals surface area (Å²) in [6.07, 6.45) is 0. The molecular weight excluding hydrogens is 258 g/mol. The van der Waals surface area contributed by atoms with E-state index in [0.29, 0.717) is 4.47 Å². The number of phenols is 1. The summed E-state index contributed by atoms with van der Waals surface area (Å²) in [5.41, 5.74) is 6.55. The number of nitrogens with two attached hydrogens (primary N) is 1. The third-order valence-electron chi connectivity index (χ3n) is 2.58. The van der Waals surface area contributed by atoms with Crippen LogP contribution in [0.1, 0.15) is 25.5 Å². The fourth-order valence-electron chi connectivity index (χ4n) is 1.27. The van der Waals surface area contributed by atoms with E-state index in [4.69, 9.17) is 5.73 Å². The van der Waals surface area contributed by atoms with Crippen molar-refractivity contribution in [2.45, 2.75) is 19.9 Å². The summed E-state index contributed by atoms with van der Waals surface area (Å²) in [6.45, 7) is 3.82. The van der Waals surface area contributed by atoms with Crippen LogP contribution in [0.3, 0.4) is 0 Å². The Labute approximate surface area is 98.1 Å². The molecule has 4 N–H and O–H groups in total. The molecule has 0 radical (unpaired) electrons. The smallest absolute Gasteiger partial charge is 0.129 e. The Hall–Kier alpha value is -0.580. The molecule has 1 rings (SSSR count). The number of aromatic hydroxyl groups is 1. The first-order valence-corrected chi connectivity index (χ1v) is 5.52. The van der Waals surface area contributed by atoms with E-state index in [2.05, 4.69) is 15.9 Å². The number of hydrogen-bond acceptors (Lipinski definition) is 3. The van der Waals surface area contributed by atoms with Crippen LogP contribution in [0.4, 0.5) is 0 Å². The first kappa shape index (κ1) is 12.5. The molecule has 84 valence electrons. The Kier molecular flexibility index (Phi) is 3.76. The predicted molar refractivity (Wildman–Crippen MR) is 63.6 cm³/mol. The lowest BCUT2D eigenvalue weighted by atomic mass is 9.82. The lowest BCUT2D eigenvalue weighted by molar-refractivity contribution is 0.132. The van der Waals surface area contributed by atoms with Crippen LogP contribution in [0.5, 0.6) is 5.75 Å². The van der Waals surface area contributed by atoms with Gasteiger partial charge in [-0.1, -0.05) is 19.9 Å². The highest BCUT2D eigenvalue weighted by atomic mass is 79.9. The molecule has 15 heavy (non-hydrogen) atoms. The van der Waals surface area contributed by atoms with Gasteiger partial charge in [0.15, 0.2) is 0 Å². The van der Waals surface area contributed by atoms with Crippen molar-refractivity contribution in [3.05, 3.63) is 28.2 Å². The second-order valence-corrected chi connectivity index (χ2v) is 5.19. The Bertz CT molecular complexity index is 352. The number of aliphatic hydroxyl groups is 1. The van der Waals surface area contributed by atoms with Crippen molar-refractivity contribution in [3.8, 4) is 5.75 Å². The molecule has 0 fully saturated rings. The standard InChI is InChI=1S/C11H16BrNO2/c1-11(2,6-14)10(13)7-3-4-9(15)8(12)5-7/h3-5,10,14-15H,6,13H2,1-2H3/t10-/m0/s1. The van der Waals surface area contributed by atoms with Crippen molar-refractivity contribution in [2.75, 3.05) is 6.61 Å². The van der Waals surface area contributed by atoms with Crippen LogP contribution in [0, 0.1) is 5.41 Å². The molecule has 1 aromatic rings. The van der Waals surface area contributed by atoms with Crippen LogP contribution in [0.15, 0.2) is 22.7 Å².